The second-order valence-electron chi connectivity index (χ2n) is 6.95. The number of ether oxygens (including phenoxy) is 2. The Labute approximate surface area is 180 Å². The highest BCUT2D eigenvalue weighted by atomic mass is 16.6. The zero-order valence-electron chi connectivity index (χ0n) is 17.9. The van der Waals surface area contributed by atoms with Crippen molar-refractivity contribution in [3.05, 3.63) is 65.4 Å². The van der Waals surface area contributed by atoms with E-state index >= 15 is 0 Å². The standard InChI is InChI=1S/C23H25N3O5/c1-14-19(21(22(24)27)25-30-4)20-17(26(14)13-16-9-6-5-7-10-16)11-8-12-18(20)31-15(2)23(28)29-3/h5-12,15H,13H2,1-4H3,(H2,24,27)/b25-21-. The van der Waals surface area contributed by atoms with Crippen molar-refractivity contribution in [3.8, 4) is 5.75 Å². The topological polar surface area (TPSA) is 105 Å². The van der Waals surface area contributed by atoms with Crippen LogP contribution in [0, 0.1) is 6.92 Å². The smallest absolute Gasteiger partial charge is 0.346 e. The van der Waals surface area contributed by atoms with Crippen molar-refractivity contribution >= 4 is 28.5 Å². The minimum Gasteiger partial charge on any atom is -0.478 e. The zero-order chi connectivity index (χ0) is 22.5. The first kappa shape index (κ1) is 21.9. The lowest BCUT2D eigenvalue weighted by atomic mass is 10.0. The fourth-order valence-electron chi connectivity index (χ4n) is 3.56. The van der Waals surface area contributed by atoms with E-state index in [1.165, 1.54) is 14.2 Å². The van der Waals surface area contributed by atoms with E-state index in [4.69, 9.17) is 20.0 Å². The molecule has 0 saturated heterocycles. The van der Waals surface area contributed by atoms with Gasteiger partial charge in [0, 0.05) is 17.8 Å². The van der Waals surface area contributed by atoms with Gasteiger partial charge in [-0.05, 0) is 31.5 Å². The molecule has 8 heteroatoms. The number of hydrogen-bond donors (Lipinski definition) is 1. The monoisotopic (exact) mass is 423 g/mol. The average molecular weight is 423 g/mol. The van der Waals surface area contributed by atoms with Crippen LogP contribution in [-0.2, 0) is 25.7 Å². The summed E-state index contributed by atoms with van der Waals surface area (Å²) in [5.41, 5.74) is 8.73. The number of amides is 1. The number of nitrogens with zero attached hydrogens (tertiary/aromatic N) is 2. The third-order valence-electron chi connectivity index (χ3n) is 4.98. The zero-order valence-corrected chi connectivity index (χ0v) is 17.9. The number of nitrogens with two attached hydrogens (primary N) is 1. The molecule has 2 N–H and O–H groups in total. The Morgan fingerprint density at radius 3 is 2.42 bits per heavy atom. The molecular weight excluding hydrogens is 398 g/mol. The highest BCUT2D eigenvalue weighted by molar-refractivity contribution is 6.47. The fraction of sp³-hybridized carbons (Fsp3) is 0.261. The summed E-state index contributed by atoms with van der Waals surface area (Å²) >= 11 is 0. The number of rotatable bonds is 8. The Hall–Kier alpha value is -3.81. The van der Waals surface area contributed by atoms with E-state index in [0.717, 1.165) is 16.8 Å². The van der Waals surface area contributed by atoms with E-state index in [0.29, 0.717) is 23.2 Å². The first-order valence-electron chi connectivity index (χ1n) is 9.70. The highest BCUT2D eigenvalue weighted by Crippen LogP contribution is 2.35. The molecule has 0 aliphatic rings. The van der Waals surface area contributed by atoms with Crippen LogP contribution in [0.15, 0.2) is 53.7 Å². The van der Waals surface area contributed by atoms with Crippen LogP contribution in [0.3, 0.4) is 0 Å². The molecule has 0 radical (unpaired) electrons. The predicted molar refractivity (Wildman–Crippen MR) is 117 cm³/mol. The van der Waals surface area contributed by atoms with Crippen LogP contribution >= 0.6 is 0 Å². The summed E-state index contributed by atoms with van der Waals surface area (Å²) in [5, 5.41) is 4.49. The number of fused-ring (bicyclic) bond motifs is 1. The Balaban J connectivity index is 2.27. The van der Waals surface area contributed by atoms with Gasteiger partial charge in [-0.2, -0.15) is 0 Å². The summed E-state index contributed by atoms with van der Waals surface area (Å²) in [6.45, 7) is 4.02. The summed E-state index contributed by atoms with van der Waals surface area (Å²) in [5.74, 6) is -0.843. The van der Waals surface area contributed by atoms with Gasteiger partial charge in [0.05, 0.1) is 18.0 Å². The molecule has 1 unspecified atom stereocenters. The fourth-order valence-corrected chi connectivity index (χ4v) is 3.56. The Kier molecular flexibility index (Phi) is 6.59. The van der Waals surface area contributed by atoms with E-state index in [1.54, 1.807) is 13.0 Å². The van der Waals surface area contributed by atoms with Crippen LogP contribution in [0.1, 0.15) is 23.7 Å². The number of methoxy groups -OCH3 is 1. The maximum absolute atomic E-state index is 12.2. The Morgan fingerprint density at radius 1 is 1.10 bits per heavy atom. The van der Waals surface area contributed by atoms with Gasteiger partial charge in [-0.15, -0.1) is 0 Å². The minimum absolute atomic E-state index is 0.0291. The average Bonchev–Trinajstić information content (AvgIpc) is 3.04. The first-order chi connectivity index (χ1) is 14.9. The molecule has 1 heterocycles. The van der Waals surface area contributed by atoms with E-state index in [2.05, 4.69) is 5.16 Å². The summed E-state index contributed by atoms with van der Waals surface area (Å²) in [6, 6.07) is 15.4. The van der Waals surface area contributed by atoms with Gasteiger partial charge >= 0.3 is 5.97 Å². The van der Waals surface area contributed by atoms with Gasteiger partial charge in [0.25, 0.3) is 5.91 Å². The molecule has 1 atom stereocenters. The number of carbonyl (C=O) groups excluding carboxylic acids is 2. The number of benzene rings is 2. The molecule has 1 aromatic heterocycles. The molecule has 3 aromatic rings. The third-order valence-corrected chi connectivity index (χ3v) is 4.98. The normalized spacial score (nSPS) is 12.5. The molecule has 8 nitrogen and oxygen atoms in total. The lowest BCUT2D eigenvalue weighted by molar-refractivity contribution is -0.147. The van der Waals surface area contributed by atoms with Crippen LogP contribution in [-0.4, -0.2) is 42.5 Å². The Bertz CT molecular complexity index is 1140. The van der Waals surface area contributed by atoms with Crippen molar-refractivity contribution in [1.82, 2.24) is 4.57 Å². The molecule has 1 amide bonds. The molecule has 0 saturated carbocycles. The predicted octanol–water partition coefficient (Wildman–Crippen LogP) is 2.77. The summed E-state index contributed by atoms with van der Waals surface area (Å²) in [4.78, 5) is 29.0. The largest absolute Gasteiger partial charge is 0.478 e. The number of primary amides is 1. The van der Waals surface area contributed by atoms with Crippen LogP contribution < -0.4 is 10.5 Å². The quantitative estimate of drug-likeness (QED) is 0.341. The molecule has 3 rings (SSSR count). The van der Waals surface area contributed by atoms with Gasteiger partial charge in [-0.1, -0.05) is 41.6 Å². The number of esters is 1. The van der Waals surface area contributed by atoms with Gasteiger partial charge in [-0.25, -0.2) is 4.79 Å². The van der Waals surface area contributed by atoms with Crippen LogP contribution in [0.25, 0.3) is 10.9 Å². The van der Waals surface area contributed by atoms with Gasteiger partial charge < -0.3 is 24.6 Å². The molecule has 0 aliphatic heterocycles. The SMILES string of the molecule is CO/N=C(\C(N)=O)c1c(C)n(Cc2ccccc2)c2cccc(OC(C)C(=O)OC)c12. The second-order valence-corrected chi connectivity index (χ2v) is 6.95. The maximum atomic E-state index is 12.2. The summed E-state index contributed by atoms with van der Waals surface area (Å²) in [6.07, 6.45) is -0.849. The number of hydrogen-bond acceptors (Lipinski definition) is 6. The lowest BCUT2D eigenvalue weighted by Gasteiger charge is -2.14. The van der Waals surface area contributed by atoms with Crippen molar-refractivity contribution in [3.63, 3.8) is 0 Å². The highest BCUT2D eigenvalue weighted by Gasteiger charge is 2.27. The van der Waals surface area contributed by atoms with E-state index in [-0.39, 0.29) is 5.71 Å². The number of carbonyl (C=O) groups is 2. The van der Waals surface area contributed by atoms with Gasteiger partial charge in [-0.3, -0.25) is 4.79 Å². The molecule has 2 aromatic carbocycles. The summed E-state index contributed by atoms with van der Waals surface area (Å²) in [7, 11) is 2.64. The van der Waals surface area contributed by atoms with Gasteiger partial charge in [0.15, 0.2) is 11.8 Å². The third kappa shape index (κ3) is 4.37. The number of oxime groups is 1. The van der Waals surface area contributed by atoms with E-state index in [9.17, 15) is 9.59 Å². The number of aromatic nitrogens is 1. The molecule has 0 aliphatic carbocycles. The van der Waals surface area contributed by atoms with Gasteiger partial charge in [0.2, 0.25) is 0 Å². The van der Waals surface area contributed by atoms with E-state index in [1.807, 2.05) is 54.0 Å². The minimum atomic E-state index is -0.849. The van der Waals surface area contributed by atoms with E-state index < -0.39 is 18.0 Å². The maximum Gasteiger partial charge on any atom is 0.346 e. The molecule has 0 bridgehead atoms. The van der Waals surface area contributed by atoms with Crippen molar-refractivity contribution in [2.75, 3.05) is 14.2 Å². The van der Waals surface area contributed by atoms with Crippen molar-refractivity contribution < 1.29 is 23.9 Å². The van der Waals surface area contributed by atoms with Gasteiger partial charge in [0.1, 0.15) is 12.9 Å². The van der Waals surface area contributed by atoms with Crippen LogP contribution in [0.5, 0.6) is 5.75 Å². The molecular formula is C23H25N3O5. The first-order valence-corrected chi connectivity index (χ1v) is 9.70. The summed E-state index contributed by atoms with van der Waals surface area (Å²) < 4.78 is 12.7. The van der Waals surface area contributed by atoms with Crippen molar-refractivity contribution in [2.45, 2.75) is 26.5 Å². The molecule has 162 valence electrons. The van der Waals surface area contributed by atoms with Crippen molar-refractivity contribution in [2.24, 2.45) is 10.9 Å². The molecule has 0 fully saturated rings. The van der Waals surface area contributed by atoms with Crippen molar-refractivity contribution in [1.29, 1.82) is 0 Å². The Morgan fingerprint density at radius 2 is 1.81 bits per heavy atom. The second kappa shape index (κ2) is 9.34. The molecule has 31 heavy (non-hydrogen) atoms. The lowest BCUT2D eigenvalue weighted by Crippen LogP contribution is -2.26. The molecule has 0 spiro atoms. The van der Waals surface area contributed by atoms with Crippen LogP contribution in [0.2, 0.25) is 0 Å². The van der Waals surface area contributed by atoms with Crippen LogP contribution in [0.4, 0.5) is 0 Å².